The van der Waals surface area contributed by atoms with Crippen molar-refractivity contribution in [1.29, 1.82) is 0 Å². The van der Waals surface area contributed by atoms with Crippen LogP contribution in [0.3, 0.4) is 0 Å². The van der Waals surface area contributed by atoms with Crippen LogP contribution in [-0.4, -0.2) is 26.5 Å². The Kier molecular flexibility index (Phi) is 1.59. The standard InChI is InChI=1S/C11H12O3/c1-13-11(7-14-8-11)10-4-2-3-9(5-10)6-12/h2-6H,7-8H2,1H3/i1D3. The Bertz CT molecular complexity index is 424. The van der Waals surface area contributed by atoms with Gasteiger partial charge in [0.15, 0.2) is 0 Å². The third-order valence-electron chi connectivity index (χ3n) is 2.41. The highest BCUT2D eigenvalue weighted by atomic mass is 16.6. The van der Waals surface area contributed by atoms with E-state index in [1.54, 1.807) is 24.3 Å². The molecule has 0 unspecified atom stereocenters. The molecule has 2 rings (SSSR count). The van der Waals surface area contributed by atoms with Crippen LogP contribution >= 0.6 is 0 Å². The van der Waals surface area contributed by atoms with Crippen LogP contribution < -0.4 is 0 Å². The van der Waals surface area contributed by atoms with Gasteiger partial charge < -0.3 is 9.47 Å². The van der Waals surface area contributed by atoms with Crippen molar-refractivity contribution in [3.8, 4) is 0 Å². The van der Waals surface area contributed by atoms with E-state index in [2.05, 4.69) is 0 Å². The highest BCUT2D eigenvalue weighted by Crippen LogP contribution is 2.33. The summed E-state index contributed by atoms with van der Waals surface area (Å²) < 4.78 is 31.6. The lowest BCUT2D eigenvalue weighted by Crippen LogP contribution is -2.48. The van der Waals surface area contributed by atoms with E-state index in [-0.39, 0.29) is 13.2 Å². The predicted molar refractivity (Wildman–Crippen MR) is 51.3 cm³/mol. The fourth-order valence-electron chi connectivity index (χ4n) is 1.47. The lowest BCUT2D eigenvalue weighted by Gasteiger charge is -2.40. The van der Waals surface area contributed by atoms with Crippen LogP contribution in [-0.2, 0) is 15.1 Å². The van der Waals surface area contributed by atoms with Gasteiger partial charge in [0, 0.05) is 12.6 Å². The van der Waals surface area contributed by atoms with Crippen LogP contribution in [0, 0.1) is 0 Å². The summed E-state index contributed by atoms with van der Waals surface area (Å²) >= 11 is 0. The monoisotopic (exact) mass is 195 g/mol. The van der Waals surface area contributed by atoms with Crippen molar-refractivity contribution < 1.29 is 18.4 Å². The van der Waals surface area contributed by atoms with Gasteiger partial charge in [0.25, 0.3) is 0 Å². The Hall–Kier alpha value is -1.19. The Morgan fingerprint density at radius 2 is 2.50 bits per heavy atom. The molecule has 0 bridgehead atoms. The predicted octanol–water partition coefficient (Wildman–Crippen LogP) is 1.37. The number of hydrogen-bond acceptors (Lipinski definition) is 3. The van der Waals surface area contributed by atoms with Crippen LogP contribution in [0.25, 0.3) is 0 Å². The molecule has 1 aromatic carbocycles. The second-order valence-electron chi connectivity index (χ2n) is 3.33. The van der Waals surface area contributed by atoms with E-state index in [0.29, 0.717) is 17.4 Å². The molecule has 14 heavy (non-hydrogen) atoms. The minimum Gasteiger partial charge on any atom is -0.375 e. The average molecular weight is 195 g/mol. The zero-order chi connectivity index (χ0) is 12.5. The maximum absolute atomic E-state index is 10.7. The molecule has 0 atom stereocenters. The Labute approximate surface area is 86.9 Å². The molecule has 1 heterocycles. The number of carbonyl (C=O) groups is 1. The van der Waals surface area contributed by atoms with Crippen molar-refractivity contribution in [2.75, 3.05) is 20.3 Å². The summed E-state index contributed by atoms with van der Waals surface area (Å²) in [5.74, 6) is 0. The van der Waals surface area contributed by atoms with Crippen LogP contribution in [0.5, 0.6) is 0 Å². The quantitative estimate of drug-likeness (QED) is 0.683. The molecule has 3 nitrogen and oxygen atoms in total. The normalized spacial score (nSPS) is 22.7. The summed E-state index contributed by atoms with van der Waals surface area (Å²) in [6, 6.07) is 6.71. The number of carbonyl (C=O) groups excluding carboxylic acids is 1. The zero-order valence-corrected chi connectivity index (χ0v) is 7.53. The molecule has 1 aliphatic heterocycles. The van der Waals surface area contributed by atoms with E-state index in [4.69, 9.17) is 13.6 Å². The zero-order valence-electron chi connectivity index (χ0n) is 10.5. The van der Waals surface area contributed by atoms with Gasteiger partial charge in [0.1, 0.15) is 11.9 Å². The fraction of sp³-hybridized carbons (Fsp3) is 0.364. The SMILES string of the molecule is [2H]C([2H])([2H])OC1(c2cccc(C=O)c2)COC1. The summed E-state index contributed by atoms with van der Waals surface area (Å²) in [4.78, 5) is 10.7. The van der Waals surface area contributed by atoms with Gasteiger partial charge in [-0.2, -0.15) is 0 Å². The van der Waals surface area contributed by atoms with Gasteiger partial charge in [-0.15, -0.1) is 0 Å². The molecule has 0 aromatic heterocycles. The van der Waals surface area contributed by atoms with Crippen LogP contribution in [0.15, 0.2) is 24.3 Å². The highest BCUT2D eigenvalue weighted by Gasteiger charge is 2.40. The number of benzene rings is 1. The second-order valence-corrected chi connectivity index (χ2v) is 3.33. The molecule has 0 radical (unpaired) electrons. The van der Waals surface area contributed by atoms with Gasteiger partial charge in [-0.3, -0.25) is 4.79 Å². The van der Waals surface area contributed by atoms with Crippen LogP contribution in [0.4, 0.5) is 0 Å². The first-order valence-electron chi connectivity index (χ1n) is 5.79. The van der Waals surface area contributed by atoms with Gasteiger partial charge >= 0.3 is 0 Å². The average Bonchev–Trinajstić information content (AvgIpc) is 2.22. The number of hydrogen-bond donors (Lipinski definition) is 0. The van der Waals surface area contributed by atoms with E-state index < -0.39 is 12.6 Å². The first-order valence-corrected chi connectivity index (χ1v) is 4.29. The Morgan fingerprint density at radius 3 is 3.07 bits per heavy atom. The van der Waals surface area contributed by atoms with Gasteiger partial charge in [-0.25, -0.2) is 0 Å². The number of aldehydes is 1. The van der Waals surface area contributed by atoms with Crippen molar-refractivity contribution in [3.05, 3.63) is 35.4 Å². The van der Waals surface area contributed by atoms with Gasteiger partial charge in [0.05, 0.1) is 17.3 Å². The molecule has 0 aliphatic carbocycles. The third kappa shape index (κ3) is 1.35. The molecule has 0 saturated carbocycles. The van der Waals surface area contributed by atoms with Crippen LogP contribution in [0.2, 0.25) is 0 Å². The van der Waals surface area contributed by atoms with Crippen molar-refractivity contribution in [2.45, 2.75) is 5.60 Å². The highest BCUT2D eigenvalue weighted by molar-refractivity contribution is 5.75. The van der Waals surface area contributed by atoms with Crippen molar-refractivity contribution in [1.82, 2.24) is 0 Å². The van der Waals surface area contributed by atoms with E-state index in [1.165, 1.54) is 0 Å². The van der Waals surface area contributed by atoms with E-state index in [9.17, 15) is 4.79 Å². The van der Waals surface area contributed by atoms with Gasteiger partial charge in [-0.1, -0.05) is 18.2 Å². The van der Waals surface area contributed by atoms with Crippen LogP contribution in [0.1, 0.15) is 20.0 Å². The second kappa shape index (κ2) is 3.52. The lowest BCUT2D eigenvalue weighted by molar-refractivity contribution is -0.202. The maximum Gasteiger partial charge on any atom is 0.150 e. The lowest BCUT2D eigenvalue weighted by atomic mass is 9.91. The number of rotatable bonds is 3. The van der Waals surface area contributed by atoms with E-state index in [1.807, 2.05) is 0 Å². The summed E-state index contributed by atoms with van der Waals surface area (Å²) in [7, 11) is -2.49. The summed E-state index contributed by atoms with van der Waals surface area (Å²) in [6.45, 7) is 0.376. The first-order chi connectivity index (χ1) is 7.95. The van der Waals surface area contributed by atoms with Crippen molar-refractivity contribution >= 4 is 6.29 Å². The van der Waals surface area contributed by atoms with Crippen molar-refractivity contribution in [3.63, 3.8) is 0 Å². The number of ether oxygens (including phenoxy) is 2. The van der Waals surface area contributed by atoms with E-state index >= 15 is 0 Å². The Balaban J connectivity index is 2.31. The first kappa shape index (κ1) is 6.32. The Morgan fingerprint density at radius 1 is 1.64 bits per heavy atom. The molecule has 0 amide bonds. The van der Waals surface area contributed by atoms with E-state index in [0.717, 1.165) is 0 Å². The molecular formula is C11H12O3. The van der Waals surface area contributed by atoms with Gasteiger partial charge in [-0.05, 0) is 11.6 Å². The topological polar surface area (TPSA) is 35.5 Å². The summed E-state index contributed by atoms with van der Waals surface area (Å²) in [6.07, 6.45) is 0.714. The minimum atomic E-state index is -2.49. The minimum absolute atomic E-state index is 0.188. The fourth-order valence-corrected chi connectivity index (χ4v) is 1.47. The molecule has 1 fully saturated rings. The molecule has 1 saturated heterocycles. The van der Waals surface area contributed by atoms with Crippen molar-refractivity contribution in [2.24, 2.45) is 0 Å². The molecule has 0 spiro atoms. The molecule has 1 aromatic rings. The molecule has 0 N–H and O–H groups in total. The number of methoxy groups -OCH3 is 1. The largest absolute Gasteiger partial charge is 0.375 e. The smallest absolute Gasteiger partial charge is 0.150 e. The third-order valence-corrected chi connectivity index (χ3v) is 2.41. The summed E-state index contributed by atoms with van der Waals surface area (Å²) in [5.41, 5.74) is 0.192. The molecular weight excluding hydrogens is 180 g/mol. The molecule has 74 valence electrons. The van der Waals surface area contributed by atoms with Gasteiger partial charge in [0.2, 0.25) is 0 Å². The summed E-state index contributed by atoms with van der Waals surface area (Å²) in [5, 5.41) is 0. The molecule has 1 aliphatic rings. The molecule has 3 heteroatoms. The maximum atomic E-state index is 10.7.